The van der Waals surface area contributed by atoms with E-state index >= 15 is 0 Å². The maximum absolute atomic E-state index is 12.2. The van der Waals surface area contributed by atoms with Crippen molar-refractivity contribution in [1.29, 1.82) is 0 Å². The lowest BCUT2D eigenvalue weighted by molar-refractivity contribution is -0.113. The van der Waals surface area contributed by atoms with E-state index in [0.717, 1.165) is 15.8 Å². The van der Waals surface area contributed by atoms with E-state index in [9.17, 15) is 4.79 Å². The van der Waals surface area contributed by atoms with Crippen molar-refractivity contribution in [2.24, 2.45) is 0 Å². The number of carbonyl (C=O) groups is 1. The highest BCUT2D eigenvalue weighted by Crippen LogP contribution is 2.27. The fourth-order valence-electron chi connectivity index (χ4n) is 2.32. The van der Waals surface area contributed by atoms with Crippen molar-refractivity contribution in [3.8, 4) is 11.6 Å². The highest BCUT2D eigenvalue weighted by atomic mass is 32.2. The van der Waals surface area contributed by atoms with Gasteiger partial charge in [-0.05, 0) is 36.8 Å². The summed E-state index contributed by atoms with van der Waals surface area (Å²) in [6.45, 7) is 2.02. The standard InChI is InChI=1S/C16H14N6O2S2/c1-9-4-5-10-12(7-9)26-15(18-10)19-13(23)8-25-16-21-20-14(22(16)17)11-3-2-6-24-11/h2-7H,8,17H2,1H3,(H,18,19,23). The molecule has 3 aromatic heterocycles. The summed E-state index contributed by atoms with van der Waals surface area (Å²) < 4.78 is 7.60. The van der Waals surface area contributed by atoms with Gasteiger partial charge in [0.25, 0.3) is 0 Å². The number of carbonyl (C=O) groups excluding carboxylic acids is 1. The topological polar surface area (TPSA) is 112 Å². The van der Waals surface area contributed by atoms with E-state index in [0.29, 0.717) is 21.9 Å². The van der Waals surface area contributed by atoms with Gasteiger partial charge in [-0.1, -0.05) is 29.2 Å². The predicted molar refractivity (Wildman–Crippen MR) is 102 cm³/mol. The van der Waals surface area contributed by atoms with Crippen LogP contribution in [0.15, 0.2) is 46.2 Å². The Morgan fingerprint density at radius 1 is 1.38 bits per heavy atom. The molecule has 3 heterocycles. The normalized spacial score (nSPS) is 11.1. The van der Waals surface area contributed by atoms with Crippen molar-refractivity contribution < 1.29 is 9.21 Å². The van der Waals surface area contributed by atoms with Crippen molar-refractivity contribution in [2.75, 3.05) is 16.9 Å². The van der Waals surface area contributed by atoms with E-state index in [1.165, 1.54) is 34.0 Å². The van der Waals surface area contributed by atoms with Crippen molar-refractivity contribution >= 4 is 44.4 Å². The average Bonchev–Trinajstić information content (AvgIpc) is 3.32. The summed E-state index contributed by atoms with van der Waals surface area (Å²) >= 11 is 2.63. The summed E-state index contributed by atoms with van der Waals surface area (Å²) in [6, 6.07) is 9.46. The molecule has 1 amide bonds. The van der Waals surface area contributed by atoms with Crippen LogP contribution in [0.5, 0.6) is 0 Å². The molecule has 8 nitrogen and oxygen atoms in total. The first-order valence-electron chi connectivity index (χ1n) is 7.64. The Kier molecular flexibility index (Phi) is 4.35. The molecule has 132 valence electrons. The summed E-state index contributed by atoms with van der Waals surface area (Å²) in [4.78, 5) is 16.6. The minimum Gasteiger partial charge on any atom is -0.461 e. The first-order valence-corrected chi connectivity index (χ1v) is 9.44. The number of amides is 1. The number of nitrogens with two attached hydrogens (primary N) is 1. The number of hydrogen-bond acceptors (Lipinski definition) is 8. The third-order valence-corrected chi connectivity index (χ3v) is 5.41. The molecule has 0 atom stereocenters. The zero-order valence-corrected chi connectivity index (χ0v) is 15.3. The predicted octanol–water partition coefficient (Wildman–Crippen LogP) is 2.90. The molecule has 0 aliphatic heterocycles. The second kappa shape index (κ2) is 6.81. The number of thiazole rings is 1. The maximum atomic E-state index is 12.2. The number of nitrogens with one attached hydrogen (secondary N) is 1. The van der Waals surface area contributed by atoms with Crippen molar-refractivity contribution in [3.05, 3.63) is 42.2 Å². The van der Waals surface area contributed by atoms with Gasteiger partial charge < -0.3 is 15.6 Å². The maximum Gasteiger partial charge on any atom is 0.236 e. The molecule has 1 aromatic carbocycles. The third kappa shape index (κ3) is 3.28. The SMILES string of the molecule is Cc1ccc2nc(NC(=O)CSc3nnc(-c4ccco4)n3N)sc2c1. The van der Waals surface area contributed by atoms with Crippen LogP contribution >= 0.6 is 23.1 Å². The molecule has 4 aromatic rings. The van der Waals surface area contributed by atoms with Gasteiger partial charge in [0.1, 0.15) is 0 Å². The lowest BCUT2D eigenvalue weighted by Gasteiger charge is -2.02. The lowest BCUT2D eigenvalue weighted by atomic mass is 10.2. The molecule has 0 aliphatic rings. The molecule has 0 radical (unpaired) electrons. The minimum atomic E-state index is -0.187. The molecule has 0 aliphatic carbocycles. The van der Waals surface area contributed by atoms with Gasteiger partial charge in [-0.2, -0.15) is 0 Å². The van der Waals surface area contributed by atoms with Gasteiger partial charge in [0.05, 0.1) is 22.2 Å². The monoisotopic (exact) mass is 386 g/mol. The number of nitrogens with zero attached hydrogens (tertiary/aromatic N) is 4. The van der Waals surface area contributed by atoms with Crippen LogP contribution in [0.3, 0.4) is 0 Å². The molecule has 0 saturated carbocycles. The van der Waals surface area contributed by atoms with Gasteiger partial charge in [-0.3, -0.25) is 4.79 Å². The summed E-state index contributed by atoms with van der Waals surface area (Å²) in [5.74, 6) is 6.84. The quantitative estimate of drug-likeness (QED) is 0.400. The van der Waals surface area contributed by atoms with Crippen LogP contribution in [0.25, 0.3) is 21.8 Å². The number of thioether (sulfide) groups is 1. The number of fused-ring (bicyclic) bond motifs is 1. The van der Waals surface area contributed by atoms with Gasteiger partial charge in [0.15, 0.2) is 10.9 Å². The molecule has 0 spiro atoms. The van der Waals surface area contributed by atoms with Gasteiger partial charge in [-0.15, -0.1) is 10.2 Å². The van der Waals surface area contributed by atoms with E-state index in [-0.39, 0.29) is 11.7 Å². The second-order valence-electron chi connectivity index (χ2n) is 5.48. The van der Waals surface area contributed by atoms with Crippen LogP contribution in [0, 0.1) is 6.92 Å². The fourth-order valence-corrected chi connectivity index (χ4v) is 3.96. The van der Waals surface area contributed by atoms with Gasteiger partial charge >= 0.3 is 0 Å². The number of furan rings is 1. The van der Waals surface area contributed by atoms with Crippen LogP contribution in [-0.4, -0.2) is 31.5 Å². The number of rotatable bonds is 5. The summed E-state index contributed by atoms with van der Waals surface area (Å²) in [5, 5.41) is 11.8. The van der Waals surface area contributed by atoms with E-state index in [2.05, 4.69) is 20.5 Å². The number of benzene rings is 1. The van der Waals surface area contributed by atoms with Gasteiger partial charge in [-0.25, -0.2) is 9.66 Å². The van der Waals surface area contributed by atoms with Crippen molar-refractivity contribution in [1.82, 2.24) is 19.9 Å². The van der Waals surface area contributed by atoms with Gasteiger partial charge in [0.2, 0.25) is 16.9 Å². The van der Waals surface area contributed by atoms with E-state index in [4.69, 9.17) is 10.3 Å². The number of aromatic nitrogens is 4. The van der Waals surface area contributed by atoms with Crippen LogP contribution in [0.2, 0.25) is 0 Å². The third-order valence-electron chi connectivity index (χ3n) is 3.53. The molecule has 10 heteroatoms. The Hall–Kier alpha value is -2.85. The van der Waals surface area contributed by atoms with Crippen LogP contribution in [-0.2, 0) is 4.79 Å². The lowest BCUT2D eigenvalue weighted by Crippen LogP contribution is -2.16. The first kappa shape index (κ1) is 16.6. The Bertz CT molecular complexity index is 1070. The van der Waals surface area contributed by atoms with E-state index < -0.39 is 0 Å². The molecular weight excluding hydrogens is 372 g/mol. The Labute approximate surface area is 156 Å². The molecular formula is C16H14N6O2S2. The number of hydrogen-bond donors (Lipinski definition) is 2. The van der Waals surface area contributed by atoms with E-state index in [1.54, 1.807) is 12.1 Å². The minimum absolute atomic E-state index is 0.141. The van der Waals surface area contributed by atoms with E-state index in [1.807, 2.05) is 25.1 Å². The largest absolute Gasteiger partial charge is 0.461 e. The first-order chi connectivity index (χ1) is 12.6. The van der Waals surface area contributed by atoms with Crippen molar-refractivity contribution in [2.45, 2.75) is 12.1 Å². The number of anilines is 1. The van der Waals surface area contributed by atoms with Crippen LogP contribution < -0.4 is 11.2 Å². The Morgan fingerprint density at radius 2 is 2.27 bits per heavy atom. The summed E-state index contributed by atoms with van der Waals surface area (Å²) in [7, 11) is 0. The molecule has 3 N–H and O–H groups in total. The fraction of sp³-hybridized carbons (Fsp3) is 0.125. The Morgan fingerprint density at radius 3 is 3.08 bits per heavy atom. The highest BCUT2D eigenvalue weighted by molar-refractivity contribution is 7.99. The molecule has 0 unspecified atom stereocenters. The van der Waals surface area contributed by atoms with Crippen LogP contribution in [0.1, 0.15) is 5.56 Å². The average molecular weight is 386 g/mol. The zero-order valence-electron chi connectivity index (χ0n) is 13.7. The smallest absolute Gasteiger partial charge is 0.236 e. The number of nitrogen functional groups attached to an aromatic ring is 1. The summed E-state index contributed by atoms with van der Waals surface area (Å²) in [5.41, 5.74) is 2.03. The molecule has 0 saturated heterocycles. The molecule has 0 fully saturated rings. The number of aryl methyl sites for hydroxylation is 1. The molecule has 26 heavy (non-hydrogen) atoms. The van der Waals surface area contributed by atoms with Gasteiger partial charge in [0, 0.05) is 0 Å². The highest BCUT2D eigenvalue weighted by Gasteiger charge is 2.16. The zero-order chi connectivity index (χ0) is 18.1. The molecule has 0 bridgehead atoms. The van der Waals surface area contributed by atoms with Crippen molar-refractivity contribution in [3.63, 3.8) is 0 Å². The van der Waals surface area contributed by atoms with Crippen LogP contribution in [0.4, 0.5) is 5.13 Å². The Balaban J connectivity index is 1.41. The summed E-state index contributed by atoms with van der Waals surface area (Å²) in [6.07, 6.45) is 1.53. The second-order valence-corrected chi connectivity index (χ2v) is 7.45. The molecule has 4 rings (SSSR count).